The number of benzene rings is 1. The summed E-state index contributed by atoms with van der Waals surface area (Å²) >= 11 is 0. The van der Waals surface area contributed by atoms with Crippen LogP contribution >= 0.6 is 0 Å². The summed E-state index contributed by atoms with van der Waals surface area (Å²) in [6.45, 7) is 5.40. The van der Waals surface area contributed by atoms with Crippen LogP contribution in [-0.4, -0.2) is 65.0 Å². The Kier molecular flexibility index (Phi) is 7.10. The van der Waals surface area contributed by atoms with Crippen molar-refractivity contribution < 1.29 is 18.7 Å². The Morgan fingerprint density at radius 2 is 1.92 bits per heavy atom. The molecule has 0 aliphatic carbocycles. The van der Waals surface area contributed by atoms with Gasteiger partial charge >= 0.3 is 5.97 Å². The van der Waals surface area contributed by atoms with Crippen molar-refractivity contribution in [3.8, 4) is 11.4 Å². The Morgan fingerprint density at radius 1 is 1.08 bits per heavy atom. The lowest BCUT2D eigenvalue weighted by atomic mass is 9.97. The summed E-state index contributed by atoms with van der Waals surface area (Å²) in [5, 5.41) is 4.95. The summed E-state index contributed by atoms with van der Waals surface area (Å²) in [5.74, 6) is 1.19. The first-order valence-corrected chi connectivity index (χ1v) is 13.4. The molecular formula is C29H31FN6O3. The standard InChI is InChI=1S/C29H31FN6O3/c1-2-39-29(37)20-11-13-34(14-12-20)27-8-4-7-23(32-27)24-18-31-26-9-10-28(33-36(24)26)35-15-16-38-19-25(35)21-5-3-6-22(30)17-21/h3-10,17-18,20,25H,2,11-16,19H2,1H3. The van der Waals surface area contributed by atoms with E-state index in [1.807, 2.05) is 47.8 Å². The first kappa shape index (κ1) is 25.2. The number of piperidine rings is 1. The number of hydrogen-bond donors (Lipinski definition) is 0. The molecular weight excluding hydrogens is 499 g/mol. The fourth-order valence-electron chi connectivity index (χ4n) is 5.41. The van der Waals surface area contributed by atoms with Crippen LogP contribution in [0.1, 0.15) is 31.4 Å². The molecule has 10 heteroatoms. The van der Waals surface area contributed by atoms with Crippen LogP contribution in [0.3, 0.4) is 0 Å². The van der Waals surface area contributed by atoms with Crippen molar-refractivity contribution in [2.75, 3.05) is 49.3 Å². The maximum absolute atomic E-state index is 14.0. The van der Waals surface area contributed by atoms with Crippen molar-refractivity contribution in [2.45, 2.75) is 25.8 Å². The molecule has 1 unspecified atom stereocenters. The number of imidazole rings is 1. The van der Waals surface area contributed by atoms with E-state index in [9.17, 15) is 9.18 Å². The van der Waals surface area contributed by atoms with Gasteiger partial charge < -0.3 is 19.3 Å². The first-order chi connectivity index (χ1) is 19.1. The van der Waals surface area contributed by atoms with Gasteiger partial charge in [0.2, 0.25) is 0 Å². The molecule has 2 aliphatic heterocycles. The zero-order chi connectivity index (χ0) is 26.8. The number of halogens is 1. The van der Waals surface area contributed by atoms with Crippen molar-refractivity contribution in [3.63, 3.8) is 0 Å². The van der Waals surface area contributed by atoms with Gasteiger partial charge in [0, 0.05) is 19.6 Å². The lowest BCUT2D eigenvalue weighted by Crippen LogP contribution is -2.40. The van der Waals surface area contributed by atoms with Crippen LogP contribution in [0.25, 0.3) is 17.0 Å². The average Bonchev–Trinajstić information content (AvgIpc) is 3.41. The lowest BCUT2D eigenvalue weighted by molar-refractivity contribution is -0.148. The molecule has 0 radical (unpaired) electrons. The molecule has 0 bridgehead atoms. The van der Waals surface area contributed by atoms with Gasteiger partial charge in [-0.2, -0.15) is 0 Å². The topological polar surface area (TPSA) is 85.1 Å². The minimum Gasteiger partial charge on any atom is -0.466 e. The van der Waals surface area contributed by atoms with E-state index in [2.05, 4.69) is 14.8 Å². The Hall–Kier alpha value is -4.05. The van der Waals surface area contributed by atoms with Crippen LogP contribution < -0.4 is 9.80 Å². The highest BCUT2D eigenvalue weighted by Gasteiger charge is 2.28. The number of hydrogen-bond acceptors (Lipinski definition) is 8. The molecule has 2 saturated heterocycles. The summed E-state index contributed by atoms with van der Waals surface area (Å²) in [6, 6.07) is 16.3. The van der Waals surface area contributed by atoms with E-state index >= 15 is 0 Å². The van der Waals surface area contributed by atoms with Crippen molar-refractivity contribution in [1.82, 2.24) is 19.6 Å². The van der Waals surface area contributed by atoms with E-state index in [0.29, 0.717) is 32.0 Å². The van der Waals surface area contributed by atoms with Gasteiger partial charge in [-0.05, 0) is 61.7 Å². The largest absolute Gasteiger partial charge is 0.466 e. The predicted octanol–water partition coefficient (Wildman–Crippen LogP) is 4.29. The van der Waals surface area contributed by atoms with E-state index < -0.39 is 0 Å². The zero-order valence-corrected chi connectivity index (χ0v) is 21.9. The normalized spacial score (nSPS) is 18.5. The number of morpholine rings is 1. The molecule has 0 spiro atoms. The van der Waals surface area contributed by atoms with Crippen molar-refractivity contribution in [2.24, 2.45) is 5.92 Å². The van der Waals surface area contributed by atoms with E-state index in [1.54, 1.807) is 18.3 Å². The third-order valence-electron chi connectivity index (χ3n) is 7.44. The van der Waals surface area contributed by atoms with E-state index in [0.717, 1.165) is 54.5 Å². The van der Waals surface area contributed by atoms with Gasteiger partial charge in [0.05, 0.1) is 43.7 Å². The molecule has 0 N–H and O–H groups in total. The first-order valence-electron chi connectivity index (χ1n) is 13.4. The summed E-state index contributed by atoms with van der Waals surface area (Å²) in [7, 11) is 0. The molecule has 4 aromatic rings. The van der Waals surface area contributed by atoms with Gasteiger partial charge in [-0.3, -0.25) is 4.79 Å². The van der Waals surface area contributed by atoms with Gasteiger partial charge in [0.1, 0.15) is 23.1 Å². The van der Waals surface area contributed by atoms with Crippen LogP contribution in [0.15, 0.2) is 60.8 Å². The van der Waals surface area contributed by atoms with Crippen LogP contribution in [0.2, 0.25) is 0 Å². The number of carbonyl (C=O) groups excluding carboxylic acids is 1. The summed E-state index contributed by atoms with van der Waals surface area (Å²) < 4.78 is 26.8. The Bertz CT molecular complexity index is 1470. The van der Waals surface area contributed by atoms with Crippen molar-refractivity contribution in [1.29, 1.82) is 0 Å². The average molecular weight is 531 g/mol. The second kappa shape index (κ2) is 11.0. The predicted molar refractivity (Wildman–Crippen MR) is 145 cm³/mol. The van der Waals surface area contributed by atoms with Gasteiger partial charge in [0.15, 0.2) is 5.65 Å². The van der Waals surface area contributed by atoms with E-state index in [1.165, 1.54) is 6.07 Å². The van der Waals surface area contributed by atoms with Gasteiger partial charge in [-0.25, -0.2) is 18.9 Å². The third-order valence-corrected chi connectivity index (χ3v) is 7.44. The molecule has 1 atom stereocenters. The number of rotatable bonds is 6. The molecule has 2 fully saturated rings. The van der Waals surface area contributed by atoms with Crippen LogP contribution in [0.5, 0.6) is 0 Å². The number of ether oxygens (including phenoxy) is 2. The molecule has 202 valence electrons. The Morgan fingerprint density at radius 3 is 2.74 bits per heavy atom. The second-order valence-corrected chi connectivity index (χ2v) is 9.84. The quantitative estimate of drug-likeness (QED) is 0.342. The molecule has 2 aliphatic rings. The number of aromatic nitrogens is 4. The molecule has 39 heavy (non-hydrogen) atoms. The number of carbonyl (C=O) groups is 1. The number of fused-ring (bicyclic) bond motifs is 1. The minimum atomic E-state index is -0.269. The molecule has 5 heterocycles. The Balaban J connectivity index is 1.27. The second-order valence-electron chi connectivity index (χ2n) is 9.84. The zero-order valence-electron chi connectivity index (χ0n) is 21.9. The fraction of sp³-hybridized carbons (Fsp3) is 0.379. The number of nitrogens with zero attached hydrogens (tertiary/aromatic N) is 6. The summed E-state index contributed by atoms with van der Waals surface area (Å²) in [6.07, 6.45) is 3.28. The van der Waals surface area contributed by atoms with Crippen LogP contribution in [0, 0.1) is 11.7 Å². The highest BCUT2D eigenvalue weighted by molar-refractivity contribution is 5.73. The fourth-order valence-corrected chi connectivity index (χ4v) is 5.41. The number of esters is 1. The van der Waals surface area contributed by atoms with Gasteiger partial charge in [-0.15, -0.1) is 5.10 Å². The minimum absolute atomic E-state index is 0.0535. The number of anilines is 2. The van der Waals surface area contributed by atoms with Crippen LogP contribution in [0.4, 0.5) is 16.0 Å². The van der Waals surface area contributed by atoms with Crippen LogP contribution in [-0.2, 0) is 14.3 Å². The third kappa shape index (κ3) is 5.16. The molecule has 6 rings (SSSR count). The molecule has 0 amide bonds. The van der Waals surface area contributed by atoms with Crippen molar-refractivity contribution in [3.05, 3.63) is 72.2 Å². The highest BCUT2D eigenvalue weighted by Crippen LogP contribution is 2.31. The smallest absolute Gasteiger partial charge is 0.309 e. The van der Waals surface area contributed by atoms with E-state index in [-0.39, 0.29) is 23.7 Å². The Labute approximate surface area is 226 Å². The van der Waals surface area contributed by atoms with Gasteiger partial charge in [0.25, 0.3) is 0 Å². The molecule has 9 nitrogen and oxygen atoms in total. The maximum Gasteiger partial charge on any atom is 0.309 e. The molecule has 3 aromatic heterocycles. The molecule has 1 aromatic carbocycles. The highest BCUT2D eigenvalue weighted by atomic mass is 19.1. The monoisotopic (exact) mass is 530 g/mol. The van der Waals surface area contributed by atoms with Gasteiger partial charge in [-0.1, -0.05) is 18.2 Å². The summed E-state index contributed by atoms with van der Waals surface area (Å²) in [5.41, 5.74) is 3.11. The number of pyridine rings is 1. The SMILES string of the molecule is CCOC(=O)C1CCN(c2cccc(-c3cnc4ccc(N5CCOCC5c5cccc(F)c5)nn34)n2)CC1. The van der Waals surface area contributed by atoms with E-state index in [4.69, 9.17) is 19.6 Å². The maximum atomic E-state index is 14.0. The van der Waals surface area contributed by atoms with Crippen molar-refractivity contribution >= 4 is 23.3 Å². The lowest BCUT2D eigenvalue weighted by Gasteiger charge is -2.36. The summed E-state index contributed by atoms with van der Waals surface area (Å²) in [4.78, 5) is 26.0. The molecule has 0 saturated carbocycles.